The molecule has 2 aliphatic heterocycles. The number of hydrogen-bond donors (Lipinski definition) is 21. The summed E-state index contributed by atoms with van der Waals surface area (Å²) in [7, 11) is 0. The van der Waals surface area contributed by atoms with E-state index >= 15 is 14.4 Å². The molecule has 4 heterocycles. The van der Waals surface area contributed by atoms with Gasteiger partial charge in [0.05, 0.1) is 38.5 Å². The van der Waals surface area contributed by atoms with Crippen LogP contribution in [-0.4, -0.2) is 238 Å². The summed E-state index contributed by atoms with van der Waals surface area (Å²) in [6.07, 6.45) is -9.68. The van der Waals surface area contributed by atoms with Crippen LogP contribution in [0.25, 0.3) is 21.8 Å². The summed E-state index contributed by atoms with van der Waals surface area (Å²) in [5.41, 5.74) is 6.45. The third kappa shape index (κ3) is 22.5. The van der Waals surface area contributed by atoms with Crippen molar-refractivity contribution in [2.75, 3.05) is 13.2 Å². The molecular weight excluding hydrogens is 1400 g/mol. The zero-order chi connectivity index (χ0) is 77.8. The van der Waals surface area contributed by atoms with E-state index in [9.17, 15) is 103 Å². The first-order valence-electron chi connectivity index (χ1n) is 32.8. The number of phenolic OH excluding ortho intramolecular Hbond substituents is 1. The number of carboxylic acid groups (broad SMARTS) is 4. The van der Waals surface area contributed by atoms with E-state index in [-0.39, 0.29) is 16.7 Å². The third-order valence-electron chi connectivity index (χ3n) is 16.7. The number of aromatic hydroxyl groups is 1. The number of para-hydroxylation sites is 2. The molecule has 40 nitrogen and oxygen atoms in total. The zero-order valence-corrected chi connectivity index (χ0v) is 56.4. The lowest BCUT2D eigenvalue weighted by Crippen LogP contribution is -2.63. The zero-order valence-electron chi connectivity index (χ0n) is 56.4. The lowest BCUT2D eigenvalue weighted by molar-refractivity contribution is -0.156. The van der Waals surface area contributed by atoms with Crippen molar-refractivity contribution in [2.24, 2.45) is 5.73 Å². The molecule has 0 saturated carbocycles. The number of primary amides is 1. The number of aliphatic carboxylic acids is 4. The average Bonchev–Trinajstić information content (AvgIpc) is 1.67. The van der Waals surface area contributed by atoms with E-state index in [1.807, 2.05) is 28.2 Å². The molecule has 7 rings (SSSR count). The van der Waals surface area contributed by atoms with Crippen molar-refractivity contribution in [3.05, 3.63) is 102 Å². The SMILES string of the molecule is CCC[C@H]1O[C@@H]1C(=O)N[C@@H](CO)C(=O)NC1C(=O)NC(Cc2c[nH]c3ccccc23)C(=O)N[C@@H](CC(=O)O)C(=O)NC(CC(=O)O)C(=O)N[C@H](c2ccc(O)cc2)C(=O)N[C@@H](CC(=O)O)C(=O)NCC(=O)N[C@H]([C@H](O)C(N)=O)C(=O)NC(CCC(=O)O)C(=O)N[C@@H](Cc2c[nH]c3ccccc23)C(=O)OC1C. The number of amides is 12. The predicted octanol–water partition coefficient (Wildman–Crippen LogP) is -5.88. The van der Waals surface area contributed by atoms with Crippen LogP contribution in [0.3, 0.4) is 0 Å². The van der Waals surface area contributed by atoms with Crippen LogP contribution >= 0.6 is 0 Å². The molecule has 2 fully saturated rings. The van der Waals surface area contributed by atoms with Gasteiger partial charge in [-0.15, -0.1) is 0 Å². The van der Waals surface area contributed by atoms with Crippen molar-refractivity contribution >= 4 is 123 Å². The van der Waals surface area contributed by atoms with Gasteiger partial charge in [0.25, 0.3) is 5.91 Å². The highest BCUT2D eigenvalue weighted by molar-refractivity contribution is 6.02. The molecule has 0 radical (unpaired) electrons. The first-order chi connectivity index (χ1) is 50.2. The first kappa shape index (κ1) is 80.7. The number of H-pyrrole nitrogens is 2. The number of cyclic esters (lactones) is 1. The Kier molecular flexibility index (Phi) is 28.2. The second-order valence-corrected chi connectivity index (χ2v) is 24.6. The molecule has 2 aromatic heterocycles. The number of ether oxygens (including phenoxy) is 2. The molecule has 14 atom stereocenters. The highest BCUT2D eigenvalue weighted by atomic mass is 16.6. The maximum atomic E-state index is 15.3. The summed E-state index contributed by atoms with van der Waals surface area (Å²) in [6.45, 7) is 0.341. The molecule has 22 N–H and O–H groups in total. The number of fused-ring (bicyclic) bond motifs is 2. The molecule has 5 aromatic rings. The average molecular weight is 1480 g/mol. The molecule has 2 aliphatic rings. The van der Waals surface area contributed by atoms with Crippen LogP contribution in [0.5, 0.6) is 5.75 Å². The van der Waals surface area contributed by atoms with Crippen molar-refractivity contribution in [3.8, 4) is 5.75 Å². The summed E-state index contributed by atoms with van der Waals surface area (Å²) in [4.78, 5) is 241. The van der Waals surface area contributed by atoms with Gasteiger partial charge in [-0.05, 0) is 60.7 Å². The summed E-state index contributed by atoms with van der Waals surface area (Å²) in [6, 6.07) is -5.19. The Morgan fingerprint density at radius 1 is 0.575 bits per heavy atom. The van der Waals surface area contributed by atoms with Gasteiger partial charge >= 0.3 is 29.8 Å². The number of aliphatic hydroxyl groups is 2. The number of esters is 1. The van der Waals surface area contributed by atoms with Crippen LogP contribution in [0.2, 0.25) is 0 Å². The quantitative estimate of drug-likeness (QED) is 0.0214. The van der Waals surface area contributed by atoms with Crippen LogP contribution < -0.4 is 64.2 Å². The smallest absolute Gasteiger partial charge is 0.329 e. The summed E-state index contributed by atoms with van der Waals surface area (Å²) < 4.78 is 11.3. The van der Waals surface area contributed by atoms with Crippen LogP contribution in [-0.2, 0) is 104 Å². The minimum Gasteiger partial charge on any atom is -0.508 e. The minimum atomic E-state index is -2.72. The van der Waals surface area contributed by atoms with Crippen molar-refractivity contribution in [1.82, 2.24) is 68.5 Å². The number of nitrogens with one attached hydrogen (secondary N) is 13. The molecule has 3 aromatic carbocycles. The second kappa shape index (κ2) is 37.0. The molecule has 0 aliphatic carbocycles. The van der Waals surface area contributed by atoms with Crippen LogP contribution in [0.15, 0.2) is 85.2 Å². The summed E-state index contributed by atoms with van der Waals surface area (Å²) >= 11 is 0. The van der Waals surface area contributed by atoms with E-state index in [0.29, 0.717) is 34.6 Å². The van der Waals surface area contributed by atoms with E-state index in [1.54, 1.807) is 48.5 Å². The molecule has 106 heavy (non-hydrogen) atoms. The third-order valence-corrected chi connectivity index (χ3v) is 16.7. The van der Waals surface area contributed by atoms with Crippen molar-refractivity contribution in [1.29, 1.82) is 0 Å². The van der Waals surface area contributed by atoms with Gasteiger partial charge in [0.2, 0.25) is 65.0 Å². The van der Waals surface area contributed by atoms with E-state index in [1.165, 1.54) is 12.4 Å². The maximum Gasteiger partial charge on any atom is 0.329 e. The number of carbonyl (C=O) groups excluding carboxylic acids is 13. The van der Waals surface area contributed by atoms with E-state index in [2.05, 4.69) is 47.2 Å². The Labute approximate surface area is 598 Å². The highest BCUT2D eigenvalue weighted by Gasteiger charge is 2.46. The molecule has 2 saturated heterocycles. The molecular formula is C66H78N14O26. The molecule has 0 bridgehead atoms. The van der Waals surface area contributed by atoms with Gasteiger partial charge in [-0.2, -0.15) is 0 Å². The number of carbonyl (C=O) groups is 17. The van der Waals surface area contributed by atoms with Gasteiger partial charge in [0.1, 0.15) is 72.3 Å². The number of benzene rings is 3. The molecule has 0 spiro atoms. The second-order valence-electron chi connectivity index (χ2n) is 24.6. The largest absolute Gasteiger partial charge is 0.508 e. The standard InChI is InChI=1S/C66H78N14O26/c1-3-8-44-54(106-44)65(103)77-43(27-81)61(99)79-50-28(2)105-66(104)42(20-31-25-69-36-12-7-5-10-34(31)36)76-57(95)37(17-18-46(84)85)71-64(102)52(53(92)55(67)93)78-45(83)26-70-56(94)39(21-47(86)87)75-63(101)51(29-13-15-32(82)16-14-29)80-60(98)41(23-49(90)91)73-59(97)40(22-48(88)89)72-58(96)38(74-62(50)100)19-30-24-68-35-11-6-4-9-33(30)35/h4-7,9-16,24-25,28,37-44,50-54,68-69,81-82,92H,3,8,17-23,26-27H2,1-2H3,(H2,67,93)(H,70,94)(H,71,102)(H,72,96)(H,73,97)(H,74,100)(H,75,101)(H,76,95)(H,77,103)(H,78,83)(H,79,99)(H,80,98)(H,84,85)(H,86,87)(H,88,89)(H,90,91)/t28?,37?,38?,39-,40-,41?,42-,43-,44+,50?,51+,52+,53-,54-/m0/s1. The van der Waals surface area contributed by atoms with Crippen LogP contribution in [0.4, 0.5) is 0 Å². The van der Waals surface area contributed by atoms with Crippen molar-refractivity contribution < 1.29 is 127 Å². The topological polar surface area (TPSA) is 643 Å². The Bertz CT molecular complexity index is 4180. The molecule has 5 unspecified atom stereocenters. The van der Waals surface area contributed by atoms with Gasteiger partial charge in [0, 0.05) is 53.5 Å². The number of hydrogen-bond acceptors (Lipinski definition) is 22. The van der Waals surface area contributed by atoms with Crippen molar-refractivity contribution in [2.45, 2.75) is 156 Å². The normalized spacial score (nSPS) is 24.2. The first-order valence-corrected chi connectivity index (χ1v) is 32.8. The number of aromatic amines is 2. The van der Waals surface area contributed by atoms with Crippen LogP contribution in [0.1, 0.15) is 81.5 Å². The monoisotopic (exact) mass is 1480 g/mol. The van der Waals surface area contributed by atoms with Gasteiger partial charge in [-0.25, -0.2) is 4.79 Å². The Morgan fingerprint density at radius 2 is 1.07 bits per heavy atom. The summed E-state index contributed by atoms with van der Waals surface area (Å²) in [5.74, 6) is -26.6. The number of aromatic nitrogens is 2. The fraction of sp³-hybridized carbons (Fsp3) is 0.409. The fourth-order valence-electron chi connectivity index (χ4n) is 11.2. The Hall–Kier alpha value is -12.6. The van der Waals surface area contributed by atoms with Gasteiger partial charge in [-0.1, -0.05) is 61.9 Å². The van der Waals surface area contributed by atoms with E-state index < -0.39 is 249 Å². The van der Waals surface area contributed by atoms with Gasteiger partial charge in [-0.3, -0.25) is 76.7 Å². The van der Waals surface area contributed by atoms with Crippen molar-refractivity contribution in [3.63, 3.8) is 0 Å². The fourth-order valence-corrected chi connectivity index (χ4v) is 11.2. The minimum absolute atomic E-state index is 0.230. The number of phenols is 1. The number of epoxide rings is 1. The lowest BCUT2D eigenvalue weighted by Gasteiger charge is -2.30. The Balaban J connectivity index is 1.37. The highest BCUT2D eigenvalue weighted by Crippen LogP contribution is 2.27. The number of nitrogens with two attached hydrogens (primary N) is 1. The number of aliphatic hydroxyl groups excluding tert-OH is 2. The summed E-state index contributed by atoms with van der Waals surface area (Å²) in [5, 5.41) is 96.1. The van der Waals surface area contributed by atoms with E-state index in [4.69, 9.17) is 15.2 Å². The van der Waals surface area contributed by atoms with E-state index in [0.717, 1.165) is 31.2 Å². The predicted molar refractivity (Wildman–Crippen MR) is 358 cm³/mol. The molecule has 568 valence electrons. The molecule has 12 amide bonds. The lowest BCUT2D eigenvalue weighted by atomic mass is 10.0. The van der Waals surface area contributed by atoms with Gasteiger partial charge in [0.15, 0.2) is 12.2 Å². The maximum absolute atomic E-state index is 15.3. The van der Waals surface area contributed by atoms with Gasteiger partial charge < -0.3 is 119 Å². The Morgan fingerprint density at radius 3 is 1.60 bits per heavy atom. The number of carboxylic acids is 4. The number of rotatable bonds is 23. The van der Waals surface area contributed by atoms with Crippen LogP contribution in [0, 0.1) is 0 Å². The molecule has 40 heteroatoms.